The second kappa shape index (κ2) is 15.6. The number of fused-ring (bicyclic) bond motifs is 1. The summed E-state index contributed by atoms with van der Waals surface area (Å²) in [5.74, 6) is 2.42. The fraction of sp³-hybridized carbons (Fsp3) is 0.214. The zero-order chi connectivity index (χ0) is 36.1. The minimum atomic E-state index is -0.803. The summed E-state index contributed by atoms with van der Waals surface area (Å²) in [7, 11) is 9.68. The maximum atomic E-state index is 14.2. The predicted octanol–water partition coefficient (Wildman–Crippen LogP) is 9.33. The minimum Gasteiger partial charge on any atom is -0.497 e. The molecule has 5 aromatic carbocycles. The van der Waals surface area contributed by atoms with Crippen molar-refractivity contribution < 1.29 is 33.2 Å². The number of halogens is 1. The highest BCUT2D eigenvalue weighted by Gasteiger charge is 2.35. The molecule has 0 saturated heterocycles. The van der Waals surface area contributed by atoms with Gasteiger partial charge in [0.1, 0.15) is 34.7 Å². The van der Waals surface area contributed by atoms with Gasteiger partial charge in [-0.15, -0.1) is 0 Å². The molecule has 9 heteroatoms. The molecule has 0 radical (unpaired) electrons. The molecule has 0 aliphatic heterocycles. The fourth-order valence-corrected chi connectivity index (χ4v) is 7.23. The fourth-order valence-electron chi connectivity index (χ4n) is 6.64. The minimum absolute atomic E-state index is 0.391. The van der Waals surface area contributed by atoms with E-state index in [0.29, 0.717) is 24.5 Å². The van der Waals surface area contributed by atoms with Crippen LogP contribution in [0.3, 0.4) is 0 Å². The number of nitrogens with zero attached hydrogens (tertiary/aromatic N) is 1. The molecule has 1 heterocycles. The topological polar surface area (TPSA) is 77.4 Å². The van der Waals surface area contributed by atoms with Crippen molar-refractivity contribution in [3.05, 3.63) is 124 Å². The Hall–Kier alpha value is -5.41. The van der Waals surface area contributed by atoms with Crippen LogP contribution in [-0.2, 0) is 22.5 Å². The van der Waals surface area contributed by atoms with Crippen molar-refractivity contribution in [3.63, 3.8) is 0 Å². The second-order valence-electron chi connectivity index (χ2n) is 11.9. The van der Waals surface area contributed by atoms with E-state index < -0.39 is 11.9 Å². The quantitative estimate of drug-likeness (QED) is 0.109. The van der Waals surface area contributed by atoms with Crippen LogP contribution in [0.1, 0.15) is 22.7 Å². The standard InChI is InChI=1S/C42H40BrNO7/c1-46-30-15-7-26(8-16-30)23-24-44-40-36(27-9-17-31(47-2)18-10-27)35(50-5)25-34(43)39(40)37(28-11-19-32(48-3)20-12-28)41(44)38(42(45)51-6)29-13-21-33(49-4)22-14-29/h7-22,25,38H,23-24H2,1-6H3. The average Bonchev–Trinajstić information content (AvgIpc) is 3.52. The van der Waals surface area contributed by atoms with Crippen LogP contribution in [0.5, 0.6) is 28.7 Å². The molecule has 8 nitrogen and oxygen atoms in total. The lowest BCUT2D eigenvalue weighted by atomic mass is 9.89. The molecule has 1 unspecified atom stereocenters. The van der Waals surface area contributed by atoms with Gasteiger partial charge >= 0.3 is 5.97 Å². The van der Waals surface area contributed by atoms with E-state index >= 15 is 0 Å². The van der Waals surface area contributed by atoms with E-state index in [1.165, 1.54) is 7.11 Å². The Morgan fingerprint density at radius 1 is 0.627 bits per heavy atom. The zero-order valence-electron chi connectivity index (χ0n) is 29.5. The number of benzene rings is 5. The number of ether oxygens (including phenoxy) is 6. The van der Waals surface area contributed by atoms with E-state index in [2.05, 4.69) is 32.6 Å². The summed E-state index contributed by atoms with van der Waals surface area (Å²) in [4.78, 5) is 14.2. The first-order valence-corrected chi connectivity index (χ1v) is 17.2. The number of aromatic nitrogens is 1. The first-order chi connectivity index (χ1) is 24.8. The molecular formula is C42H40BrNO7. The van der Waals surface area contributed by atoms with Gasteiger partial charge in [-0.1, -0.05) is 48.5 Å². The maximum Gasteiger partial charge on any atom is 0.319 e. The summed E-state index contributed by atoms with van der Waals surface area (Å²) in [6.07, 6.45) is 0.663. The van der Waals surface area contributed by atoms with Crippen molar-refractivity contribution in [3.8, 4) is 51.0 Å². The Labute approximate surface area is 306 Å². The second-order valence-corrected chi connectivity index (χ2v) is 12.7. The van der Waals surface area contributed by atoms with Crippen molar-refractivity contribution in [2.24, 2.45) is 0 Å². The van der Waals surface area contributed by atoms with Crippen molar-refractivity contribution >= 4 is 32.8 Å². The van der Waals surface area contributed by atoms with E-state index in [1.807, 2.05) is 91.0 Å². The highest BCUT2D eigenvalue weighted by Crippen LogP contribution is 2.50. The Morgan fingerprint density at radius 3 is 1.57 bits per heavy atom. The Kier molecular flexibility index (Phi) is 10.9. The maximum absolute atomic E-state index is 14.2. The van der Waals surface area contributed by atoms with Crippen LogP contribution >= 0.6 is 15.9 Å². The van der Waals surface area contributed by atoms with E-state index in [0.717, 1.165) is 71.7 Å². The van der Waals surface area contributed by atoms with Crippen molar-refractivity contribution in [2.75, 3.05) is 42.7 Å². The van der Waals surface area contributed by atoms with Gasteiger partial charge in [0, 0.05) is 33.2 Å². The third-order valence-electron chi connectivity index (χ3n) is 9.20. The third kappa shape index (κ3) is 6.99. The molecule has 0 bridgehead atoms. The smallest absolute Gasteiger partial charge is 0.319 e. The largest absolute Gasteiger partial charge is 0.497 e. The van der Waals surface area contributed by atoms with Crippen LogP contribution in [0.2, 0.25) is 0 Å². The van der Waals surface area contributed by atoms with Crippen molar-refractivity contribution in [2.45, 2.75) is 18.9 Å². The summed E-state index contributed by atoms with van der Waals surface area (Å²) < 4.78 is 36.7. The van der Waals surface area contributed by atoms with Gasteiger partial charge < -0.3 is 33.0 Å². The number of carbonyl (C=O) groups excluding carboxylic acids is 1. The van der Waals surface area contributed by atoms with Gasteiger partial charge in [0.15, 0.2) is 0 Å². The molecule has 6 aromatic rings. The molecule has 0 spiro atoms. The first kappa shape index (κ1) is 35.4. The number of methoxy groups -OCH3 is 6. The number of esters is 1. The highest BCUT2D eigenvalue weighted by atomic mass is 79.9. The number of hydrogen-bond donors (Lipinski definition) is 0. The molecular weight excluding hydrogens is 710 g/mol. The summed E-state index contributed by atoms with van der Waals surface area (Å²) in [5.41, 5.74) is 7.17. The number of carbonyl (C=O) groups is 1. The SMILES string of the molecule is COC(=O)C(c1ccc(OC)cc1)c1c(-c2ccc(OC)cc2)c2c(Br)cc(OC)c(-c3ccc(OC)cc3)c2n1CCc1ccc(OC)cc1. The molecule has 0 aliphatic rings. The normalized spacial score (nSPS) is 11.6. The van der Waals surface area contributed by atoms with Crippen molar-refractivity contribution in [1.82, 2.24) is 4.57 Å². The van der Waals surface area contributed by atoms with Gasteiger partial charge in [-0.2, -0.15) is 0 Å². The van der Waals surface area contributed by atoms with E-state index in [-0.39, 0.29) is 0 Å². The monoisotopic (exact) mass is 749 g/mol. The molecule has 1 aromatic heterocycles. The van der Waals surface area contributed by atoms with Gasteiger partial charge in [-0.05, 0) is 99.2 Å². The highest BCUT2D eigenvalue weighted by molar-refractivity contribution is 9.10. The van der Waals surface area contributed by atoms with E-state index in [1.54, 1.807) is 35.5 Å². The Balaban J connectivity index is 1.76. The summed E-state index contributed by atoms with van der Waals surface area (Å²) >= 11 is 3.95. The molecule has 0 amide bonds. The molecule has 51 heavy (non-hydrogen) atoms. The van der Waals surface area contributed by atoms with Gasteiger partial charge in [-0.25, -0.2) is 0 Å². The van der Waals surface area contributed by atoms with Crippen LogP contribution in [-0.4, -0.2) is 53.2 Å². The lowest BCUT2D eigenvalue weighted by Gasteiger charge is -2.22. The molecule has 262 valence electrons. The van der Waals surface area contributed by atoms with Gasteiger partial charge in [0.25, 0.3) is 0 Å². The zero-order valence-corrected chi connectivity index (χ0v) is 31.1. The molecule has 0 fully saturated rings. The van der Waals surface area contributed by atoms with Gasteiger partial charge in [-0.3, -0.25) is 4.79 Å². The van der Waals surface area contributed by atoms with Gasteiger partial charge in [0.05, 0.1) is 48.2 Å². The van der Waals surface area contributed by atoms with Crippen LogP contribution in [0.15, 0.2) is 108 Å². The van der Waals surface area contributed by atoms with Crippen LogP contribution in [0, 0.1) is 0 Å². The molecule has 6 rings (SSSR count). The van der Waals surface area contributed by atoms with Crippen LogP contribution in [0.25, 0.3) is 33.2 Å². The van der Waals surface area contributed by atoms with Crippen LogP contribution < -0.4 is 23.7 Å². The summed E-state index contributed by atoms with van der Waals surface area (Å²) in [5, 5.41) is 0.930. The number of rotatable bonds is 13. The molecule has 1 atom stereocenters. The number of hydrogen-bond acceptors (Lipinski definition) is 7. The lowest BCUT2D eigenvalue weighted by molar-refractivity contribution is -0.141. The van der Waals surface area contributed by atoms with Crippen molar-refractivity contribution in [1.29, 1.82) is 0 Å². The predicted molar refractivity (Wildman–Crippen MR) is 204 cm³/mol. The average molecular weight is 751 g/mol. The third-order valence-corrected chi connectivity index (χ3v) is 9.83. The van der Waals surface area contributed by atoms with E-state index in [9.17, 15) is 4.79 Å². The van der Waals surface area contributed by atoms with Gasteiger partial charge in [0.2, 0.25) is 0 Å². The Morgan fingerprint density at radius 2 is 1.10 bits per heavy atom. The number of aryl methyl sites for hydroxylation is 2. The molecule has 0 N–H and O–H groups in total. The molecule has 0 aliphatic carbocycles. The van der Waals surface area contributed by atoms with E-state index in [4.69, 9.17) is 28.4 Å². The summed E-state index contributed by atoms with van der Waals surface area (Å²) in [6, 6.07) is 33.5. The lowest BCUT2D eigenvalue weighted by Crippen LogP contribution is -2.21. The van der Waals surface area contributed by atoms with Crippen LogP contribution in [0.4, 0.5) is 0 Å². The first-order valence-electron chi connectivity index (χ1n) is 16.4. The Bertz CT molecular complexity index is 2120. The summed E-state index contributed by atoms with van der Waals surface area (Å²) in [6.45, 7) is 0.529. The molecule has 0 saturated carbocycles.